The maximum absolute atomic E-state index is 12.4. The van der Waals surface area contributed by atoms with E-state index in [1.54, 1.807) is 24.3 Å². The second kappa shape index (κ2) is 6.69. The van der Waals surface area contributed by atoms with Gasteiger partial charge in [-0.3, -0.25) is 19.4 Å². The Bertz CT molecular complexity index is 792. The molecule has 4 rings (SSSR count). The molecule has 0 unspecified atom stereocenters. The third-order valence-corrected chi connectivity index (χ3v) is 5.77. The van der Waals surface area contributed by atoms with Crippen LogP contribution in [0.25, 0.3) is 0 Å². The average Bonchev–Trinajstić information content (AvgIpc) is 3.46. The van der Waals surface area contributed by atoms with Gasteiger partial charge >= 0.3 is 0 Å². The van der Waals surface area contributed by atoms with Crippen molar-refractivity contribution in [2.75, 3.05) is 20.1 Å². The molecule has 0 aromatic heterocycles. The molecule has 2 aromatic rings. The summed E-state index contributed by atoms with van der Waals surface area (Å²) < 4.78 is 0. The van der Waals surface area contributed by atoms with E-state index in [1.165, 1.54) is 23.3 Å². The van der Waals surface area contributed by atoms with Crippen LogP contribution in [-0.2, 0) is 5.54 Å². The molecule has 2 amide bonds. The Kier molecular flexibility index (Phi) is 4.37. The van der Waals surface area contributed by atoms with Gasteiger partial charge in [0.2, 0.25) is 0 Å². The smallest absolute Gasteiger partial charge is 0.261 e. The van der Waals surface area contributed by atoms with Gasteiger partial charge < -0.3 is 0 Å². The molecule has 1 saturated carbocycles. The molecule has 0 N–H and O–H groups in total. The van der Waals surface area contributed by atoms with Crippen LogP contribution in [-0.4, -0.2) is 41.8 Å². The van der Waals surface area contributed by atoms with E-state index in [1.807, 2.05) is 0 Å². The third-order valence-electron chi connectivity index (χ3n) is 5.77. The lowest BCUT2D eigenvalue weighted by molar-refractivity contribution is 0.0649. The number of fused-ring (bicyclic) bond motifs is 1. The fraction of sp³-hybridized carbons (Fsp3) is 0.364. The van der Waals surface area contributed by atoms with Crippen LogP contribution in [0.3, 0.4) is 0 Å². The Morgan fingerprint density at radius 3 is 2.04 bits per heavy atom. The van der Waals surface area contributed by atoms with E-state index in [0.29, 0.717) is 17.7 Å². The van der Waals surface area contributed by atoms with Crippen molar-refractivity contribution in [3.63, 3.8) is 0 Å². The summed E-state index contributed by atoms with van der Waals surface area (Å²) in [6.45, 7) is 1.47. The van der Waals surface area contributed by atoms with Gasteiger partial charge in [-0.15, -0.1) is 0 Å². The molecule has 0 radical (unpaired) electrons. The van der Waals surface area contributed by atoms with Gasteiger partial charge in [0.25, 0.3) is 11.8 Å². The Balaban J connectivity index is 1.30. The van der Waals surface area contributed by atoms with Crippen LogP contribution in [0.5, 0.6) is 0 Å². The Morgan fingerprint density at radius 1 is 0.885 bits per heavy atom. The molecule has 134 valence electrons. The van der Waals surface area contributed by atoms with Crippen LogP contribution in [0.2, 0.25) is 0 Å². The fourth-order valence-corrected chi connectivity index (χ4v) is 4.03. The number of hydrogen-bond acceptors (Lipinski definition) is 3. The topological polar surface area (TPSA) is 40.6 Å². The number of nitrogens with zero attached hydrogens (tertiary/aromatic N) is 2. The maximum Gasteiger partial charge on any atom is 0.261 e. The summed E-state index contributed by atoms with van der Waals surface area (Å²) in [6, 6.07) is 17.8. The van der Waals surface area contributed by atoms with E-state index in [-0.39, 0.29) is 17.4 Å². The second-order valence-electron chi connectivity index (χ2n) is 7.33. The summed E-state index contributed by atoms with van der Waals surface area (Å²) in [5.74, 6) is -0.302. The van der Waals surface area contributed by atoms with Gasteiger partial charge in [0.05, 0.1) is 11.1 Å². The monoisotopic (exact) mass is 348 g/mol. The molecule has 26 heavy (non-hydrogen) atoms. The van der Waals surface area contributed by atoms with Crippen molar-refractivity contribution in [2.45, 2.75) is 31.2 Å². The number of carbonyl (C=O) groups is 2. The Morgan fingerprint density at radius 2 is 1.46 bits per heavy atom. The lowest BCUT2D eigenvalue weighted by Crippen LogP contribution is -2.34. The number of imide groups is 1. The van der Waals surface area contributed by atoms with Crippen LogP contribution in [0.1, 0.15) is 52.0 Å². The van der Waals surface area contributed by atoms with Gasteiger partial charge in [-0.1, -0.05) is 42.5 Å². The van der Waals surface area contributed by atoms with Crippen molar-refractivity contribution in [3.05, 3.63) is 71.3 Å². The second-order valence-corrected chi connectivity index (χ2v) is 7.33. The van der Waals surface area contributed by atoms with Crippen LogP contribution < -0.4 is 0 Å². The minimum absolute atomic E-state index is 0.151. The number of unbranched alkanes of at least 4 members (excludes halogenated alkanes) is 1. The molecular formula is C22H24N2O2. The number of benzene rings is 2. The predicted molar refractivity (Wildman–Crippen MR) is 101 cm³/mol. The third kappa shape index (κ3) is 2.84. The zero-order valence-corrected chi connectivity index (χ0v) is 15.1. The molecule has 2 aromatic carbocycles. The van der Waals surface area contributed by atoms with Crippen LogP contribution >= 0.6 is 0 Å². The zero-order chi connectivity index (χ0) is 18.1. The molecule has 0 spiro atoms. The van der Waals surface area contributed by atoms with Crippen molar-refractivity contribution >= 4 is 11.8 Å². The molecule has 4 nitrogen and oxygen atoms in total. The minimum atomic E-state index is -0.151. The standard InChI is InChI=1S/C22H24N2O2/c1-23(22(13-14-22)17-9-3-2-4-10-17)15-7-8-16-24-20(25)18-11-5-6-12-19(18)21(24)26/h2-6,9-12H,7-8,13-16H2,1H3. The number of carbonyl (C=O) groups excluding carboxylic acids is 2. The number of amides is 2. The van der Waals surface area contributed by atoms with Gasteiger partial charge in [0.15, 0.2) is 0 Å². The van der Waals surface area contributed by atoms with Crippen molar-refractivity contribution in [1.82, 2.24) is 9.80 Å². The average molecular weight is 348 g/mol. The first-order valence-electron chi connectivity index (χ1n) is 9.35. The highest BCUT2D eigenvalue weighted by Gasteiger charge is 2.47. The van der Waals surface area contributed by atoms with Crippen molar-refractivity contribution < 1.29 is 9.59 Å². The van der Waals surface area contributed by atoms with Gasteiger partial charge in [-0.05, 0) is 57.0 Å². The van der Waals surface area contributed by atoms with Gasteiger partial charge in [0.1, 0.15) is 0 Å². The molecule has 2 aliphatic rings. The summed E-state index contributed by atoms with van der Waals surface area (Å²) in [4.78, 5) is 28.6. The molecular weight excluding hydrogens is 324 g/mol. The van der Waals surface area contributed by atoms with E-state index >= 15 is 0 Å². The predicted octanol–water partition coefficient (Wildman–Crippen LogP) is 3.68. The minimum Gasteiger partial charge on any atom is -0.297 e. The van der Waals surface area contributed by atoms with Crippen LogP contribution in [0.4, 0.5) is 0 Å². The van der Waals surface area contributed by atoms with Crippen molar-refractivity contribution in [2.24, 2.45) is 0 Å². The van der Waals surface area contributed by atoms with Crippen molar-refractivity contribution in [3.8, 4) is 0 Å². The highest BCUT2D eigenvalue weighted by molar-refractivity contribution is 6.21. The van der Waals surface area contributed by atoms with E-state index in [2.05, 4.69) is 42.3 Å². The van der Waals surface area contributed by atoms with Gasteiger partial charge in [-0.25, -0.2) is 0 Å². The number of rotatable bonds is 7. The molecule has 1 heterocycles. The number of hydrogen-bond donors (Lipinski definition) is 0. The lowest BCUT2D eigenvalue weighted by Gasteiger charge is -2.28. The highest BCUT2D eigenvalue weighted by atomic mass is 16.2. The highest BCUT2D eigenvalue weighted by Crippen LogP contribution is 2.50. The first kappa shape index (κ1) is 17.0. The van der Waals surface area contributed by atoms with Crippen LogP contribution in [0, 0.1) is 0 Å². The lowest BCUT2D eigenvalue weighted by atomic mass is 10.0. The Hall–Kier alpha value is -2.46. The largest absolute Gasteiger partial charge is 0.297 e. The molecule has 0 saturated heterocycles. The zero-order valence-electron chi connectivity index (χ0n) is 15.1. The quantitative estimate of drug-likeness (QED) is 0.566. The van der Waals surface area contributed by atoms with E-state index in [4.69, 9.17) is 0 Å². The van der Waals surface area contributed by atoms with E-state index in [9.17, 15) is 9.59 Å². The van der Waals surface area contributed by atoms with Gasteiger partial charge in [0, 0.05) is 12.1 Å². The van der Waals surface area contributed by atoms with E-state index in [0.717, 1.165) is 19.4 Å². The van der Waals surface area contributed by atoms with E-state index < -0.39 is 0 Å². The Labute approximate surface area is 154 Å². The van der Waals surface area contributed by atoms with Crippen LogP contribution in [0.15, 0.2) is 54.6 Å². The molecule has 4 heteroatoms. The molecule has 0 bridgehead atoms. The first-order valence-corrected chi connectivity index (χ1v) is 9.35. The summed E-state index contributed by atoms with van der Waals surface area (Å²) in [6.07, 6.45) is 4.21. The molecule has 1 aliphatic carbocycles. The fourth-order valence-electron chi connectivity index (χ4n) is 4.03. The molecule has 1 aliphatic heterocycles. The summed E-state index contributed by atoms with van der Waals surface area (Å²) in [5, 5.41) is 0. The van der Waals surface area contributed by atoms with Gasteiger partial charge in [-0.2, -0.15) is 0 Å². The summed E-state index contributed by atoms with van der Waals surface area (Å²) in [5.41, 5.74) is 2.66. The first-order chi connectivity index (χ1) is 12.6. The summed E-state index contributed by atoms with van der Waals surface area (Å²) in [7, 11) is 2.18. The summed E-state index contributed by atoms with van der Waals surface area (Å²) >= 11 is 0. The normalized spacial score (nSPS) is 17.7. The maximum atomic E-state index is 12.4. The SMILES string of the molecule is CN(CCCCN1C(=O)c2ccccc2C1=O)C1(c2ccccc2)CC1. The molecule has 1 fully saturated rings. The van der Waals surface area contributed by atoms with Crippen molar-refractivity contribution in [1.29, 1.82) is 0 Å². The molecule has 0 atom stereocenters.